The second-order valence-electron chi connectivity index (χ2n) is 4.60. The molecule has 2 aromatic rings. The van der Waals surface area contributed by atoms with Crippen LogP contribution in [0.5, 0.6) is 0 Å². The molecular formula is C16H21NS. The molecule has 1 nitrogen and oxygen atoms in total. The van der Waals surface area contributed by atoms with Crippen LogP contribution in [0.25, 0.3) is 0 Å². The second kappa shape index (κ2) is 6.72. The number of aryl methyl sites for hydroxylation is 1. The maximum Gasteiger partial charge on any atom is 0.0291 e. The van der Waals surface area contributed by atoms with Crippen LogP contribution in [-0.2, 0) is 12.8 Å². The van der Waals surface area contributed by atoms with Crippen molar-refractivity contribution in [3.8, 4) is 0 Å². The summed E-state index contributed by atoms with van der Waals surface area (Å²) < 4.78 is 0. The Labute approximate surface area is 114 Å². The third-order valence-electron chi connectivity index (χ3n) is 3.29. The van der Waals surface area contributed by atoms with Crippen molar-refractivity contribution in [3.63, 3.8) is 0 Å². The van der Waals surface area contributed by atoms with Gasteiger partial charge < -0.3 is 5.32 Å². The average Bonchev–Trinajstić information content (AvgIpc) is 2.92. The van der Waals surface area contributed by atoms with Gasteiger partial charge in [0.2, 0.25) is 0 Å². The number of hydrogen-bond acceptors (Lipinski definition) is 2. The van der Waals surface area contributed by atoms with Crippen LogP contribution in [0.1, 0.15) is 35.9 Å². The number of hydrogen-bond donors (Lipinski definition) is 1. The molecule has 1 aromatic carbocycles. The lowest BCUT2D eigenvalue weighted by molar-refractivity contribution is 0.578. The van der Waals surface area contributed by atoms with E-state index in [1.807, 2.05) is 11.3 Å². The molecule has 96 valence electrons. The first-order valence-electron chi connectivity index (χ1n) is 6.64. The molecule has 2 rings (SSSR count). The van der Waals surface area contributed by atoms with Gasteiger partial charge in [-0.1, -0.05) is 37.3 Å². The van der Waals surface area contributed by atoms with E-state index >= 15 is 0 Å². The first-order valence-corrected chi connectivity index (χ1v) is 7.52. The summed E-state index contributed by atoms with van der Waals surface area (Å²) in [5.41, 5.74) is 2.78. The van der Waals surface area contributed by atoms with Crippen LogP contribution in [0.2, 0.25) is 0 Å². The topological polar surface area (TPSA) is 12.0 Å². The summed E-state index contributed by atoms with van der Waals surface area (Å²) in [4.78, 5) is 1.45. The molecule has 0 aliphatic carbocycles. The monoisotopic (exact) mass is 259 g/mol. The van der Waals surface area contributed by atoms with E-state index in [-0.39, 0.29) is 0 Å². The quantitative estimate of drug-likeness (QED) is 0.819. The molecule has 0 radical (unpaired) electrons. The van der Waals surface area contributed by atoms with Crippen LogP contribution >= 0.6 is 11.3 Å². The predicted octanol–water partition coefficient (Wildman–Crippen LogP) is 4.20. The van der Waals surface area contributed by atoms with Crippen molar-refractivity contribution in [2.24, 2.45) is 0 Å². The zero-order valence-electron chi connectivity index (χ0n) is 11.1. The minimum Gasteiger partial charge on any atom is -0.310 e. The zero-order chi connectivity index (χ0) is 12.8. The highest BCUT2D eigenvalue weighted by Gasteiger charge is 2.04. The Morgan fingerprint density at radius 3 is 2.56 bits per heavy atom. The van der Waals surface area contributed by atoms with Crippen LogP contribution in [0, 0.1) is 0 Å². The molecule has 0 amide bonds. The van der Waals surface area contributed by atoms with Crippen LogP contribution in [0.15, 0.2) is 41.8 Å². The highest BCUT2D eigenvalue weighted by atomic mass is 32.1. The molecule has 1 unspecified atom stereocenters. The zero-order valence-corrected chi connectivity index (χ0v) is 12.0. The van der Waals surface area contributed by atoms with Gasteiger partial charge in [0.25, 0.3) is 0 Å². The average molecular weight is 259 g/mol. The Morgan fingerprint density at radius 2 is 1.94 bits per heavy atom. The van der Waals surface area contributed by atoms with Gasteiger partial charge >= 0.3 is 0 Å². The second-order valence-corrected chi connectivity index (χ2v) is 5.63. The van der Waals surface area contributed by atoms with Gasteiger partial charge in [-0.2, -0.15) is 0 Å². The molecule has 1 atom stereocenters. The third-order valence-corrected chi connectivity index (χ3v) is 4.23. The normalized spacial score (nSPS) is 12.6. The first-order chi connectivity index (χ1) is 8.79. The van der Waals surface area contributed by atoms with Gasteiger partial charge in [0.1, 0.15) is 0 Å². The fourth-order valence-corrected chi connectivity index (χ4v) is 2.74. The van der Waals surface area contributed by atoms with E-state index in [1.165, 1.54) is 16.0 Å². The fraction of sp³-hybridized carbons (Fsp3) is 0.375. The van der Waals surface area contributed by atoms with E-state index in [2.05, 4.69) is 60.9 Å². The minimum atomic E-state index is 0.427. The Kier molecular flexibility index (Phi) is 4.97. The summed E-state index contributed by atoms with van der Waals surface area (Å²) in [6.07, 6.45) is 2.23. The number of rotatable bonds is 6. The van der Waals surface area contributed by atoms with Crippen molar-refractivity contribution >= 4 is 11.3 Å². The van der Waals surface area contributed by atoms with E-state index in [4.69, 9.17) is 0 Å². The molecule has 0 aliphatic rings. The van der Waals surface area contributed by atoms with Gasteiger partial charge in [-0.15, -0.1) is 11.3 Å². The van der Waals surface area contributed by atoms with Crippen molar-refractivity contribution in [2.45, 2.75) is 32.7 Å². The van der Waals surface area contributed by atoms with Crippen molar-refractivity contribution in [1.82, 2.24) is 5.32 Å². The molecule has 2 heteroatoms. The molecule has 0 saturated heterocycles. The van der Waals surface area contributed by atoms with Gasteiger partial charge in [0, 0.05) is 17.5 Å². The molecule has 18 heavy (non-hydrogen) atoms. The summed E-state index contributed by atoms with van der Waals surface area (Å²) in [7, 11) is 0. The van der Waals surface area contributed by atoms with Crippen molar-refractivity contribution in [2.75, 3.05) is 6.54 Å². The fourth-order valence-electron chi connectivity index (χ4n) is 2.03. The highest BCUT2D eigenvalue weighted by Crippen LogP contribution is 2.14. The maximum absolute atomic E-state index is 3.58. The van der Waals surface area contributed by atoms with Crippen LogP contribution < -0.4 is 5.32 Å². The lowest BCUT2D eigenvalue weighted by Gasteiger charge is -2.14. The van der Waals surface area contributed by atoms with Crippen LogP contribution in [0.3, 0.4) is 0 Å². The molecule has 1 aromatic heterocycles. The Morgan fingerprint density at radius 1 is 1.17 bits per heavy atom. The van der Waals surface area contributed by atoms with E-state index in [0.29, 0.717) is 6.04 Å². The summed E-state index contributed by atoms with van der Waals surface area (Å²) >= 11 is 1.84. The minimum absolute atomic E-state index is 0.427. The Bertz CT molecular complexity index is 444. The SMILES string of the molecule is CCc1ccc(C(C)NCCc2cccs2)cc1. The smallest absolute Gasteiger partial charge is 0.0291 e. The molecule has 0 fully saturated rings. The molecule has 1 N–H and O–H groups in total. The molecule has 0 bridgehead atoms. The predicted molar refractivity (Wildman–Crippen MR) is 80.3 cm³/mol. The lowest BCUT2D eigenvalue weighted by Crippen LogP contribution is -2.21. The van der Waals surface area contributed by atoms with Crippen LogP contribution in [0.4, 0.5) is 0 Å². The van der Waals surface area contributed by atoms with Gasteiger partial charge in [-0.25, -0.2) is 0 Å². The Balaban J connectivity index is 1.81. The van der Waals surface area contributed by atoms with Crippen molar-refractivity contribution in [1.29, 1.82) is 0 Å². The summed E-state index contributed by atoms with van der Waals surface area (Å²) in [5.74, 6) is 0. The number of thiophene rings is 1. The standard InChI is InChI=1S/C16H21NS/c1-3-14-6-8-15(9-7-14)13(2)17-11-10-16-5-4-12-18-16/h4-9,12-13,17H,3,10-11H2,1-2H3. The molecular weight excluding hydrogens is 238 g/mol. The molecule has 0 spiro atoms. The van der Waals surface area contributed by atoms with Crippen molar-refractivity contribution in [3.05, 3.63) is 57.8 Å². The first kappa shape index (κ1) is 13.3. The van der Waals surface area contributed by atoms with Crippen molar-refractivity contribution < 1.29 is 0 Å². The summed E-state index contributed by atoms with van der Waals surface area (Å²) in [5, 5.41) is 5.72. The van der Waals surface area contributed by atoms with Gasteiger partial charge in [0.05, 0.1) is 0 Å². The highest BCUT2D eigenvalue weighted by molar-refractivity contribution is 7.09. The van der Waals surface area contributed by atoms with E-state index in [9.17, 15) is 0 Å². The number of nitrogens with one attached hydrogen (secondary N) is 1. The van der Waals surface area contributed by atoms with E-state index < -0.39 is 0 Å². The third kappa shape index (κ3) is 3.69. The van der Waals surface area contributed by atoms with Crippen LogP contribution in [-0.4, -0.2) is 6.54 Å². The molecule has 0 aliphatic heterocycles. The van der Waals surface area contributed by atoms with E-state index in [0.717, 1.165) is 19.4 Å². The lowest BCUT2D eigenvalue weighted by atomic mass is 10.0. The largest absolute Gasteiger partial charge is 0.310 e. The van der Waals surface area contributed by atoms with Gasteiger partial charge in [-0.3, -0.25) is 0 Å². The molecule has 0 saturated carbocycles. The summed E-state index contributed by atoms with van der Waals surface area (Å²) in [6.45, 7) is 5.46. The molecule has 1 heterocycles. The van der Waals surface area contributed by atoms with Gasteiger partial charge in [0.15, 0.2) is 0 Å². The Hall–Kier alpha value is -1.12. The summed E-state index contributed by atoms with van der Waals surface area (Å²) in [6, 6.07) is 13.7. The van der Waals surface area contributed by atoms with Gasteiger partial charge in [-0.05, 0) is 42.3 Å². The number of benzene rings is 1. The van der Waals surface area contributed by atoms with E-state index in [1.54, 1.807) is 0 Å². The maximum atomic E-state index is 3.58.